The fourth-order valence-electron chi connectivity index (χ4n) is 3.08. The summed E-state index contributed by atoms with van der Waals surface area (Å²) in [6.07, 6.45) is 7.68. The molecule has 3 heterocycles. The smallest absolute Gasteiger partial charge is 0.252 e. The lowest BCUT2D eigenvalue weighted by Crippen LogP contribution is -2.36. The quantitative estimate of drug-likeness (QED) is 0.404. The largest absolute Gasteiger partial charge is 0.376 e. The first kappa shape index (κ1) is 18.7. The number of thiazole rings is 1. The Morgan fingerprint density at radius 1 is 1.41 bits per heavy atom. The first-order valence-corrected chi connectivity index (χ1v) is 11.7. The first-order chi connectivity index (χ1) is 13.2. The second-order valence-corrected chi connectivity index (χ2v) is 9.07. The molecule has 27 heavy (non-hydrogen) atoms. The number of carbonyl (C=O) groups is 1. The van der Waals surface area contributed by atoms with Gasteiger partial charge in [-0.25, -0.2) is 4.98 Å². The summed E-state index contributed by atoms with van der Waals surface area (Å²) in [5.74, 6) is -0.0522. The Labute approximate surface area is 170 Å². The molecular formula is C20H20N2O2S3. The number of anilines is 1. The van der Waals surface area contributed by atoms with Gasteiger partial charge < -0.3 is 4.74 Å². The van der Waals surface area contributed by atoms with Crippen molar-refractivity contribution in [1.82, 2.24) is 4.98 Å². The fraction of sp³-hybridized carbons (Fsp3) is 0.300. The Hall–Kier alpha value is -1.67. The van der Waals surface area contributed by atoms with Gasteiger partial charge in [0.15, 0.2) is 5.13 Å². The molecular weight excluding hydrogens is 396 g/mol. The van der Waals surface area contributed by atoms with Crippen LogP contribution in [0, 0.1) is 0 Å². The van der Waals surface area contributed by atoms with Crippen LogP contribution in [0.15, 0.2) is 46.7 Å². The van der Waals surface area contributed by atoms with Crippen LogP contribution in [0.2, 0.25) is 0 Å². The van der Waals surface area contributed by atoms with E-state index < -0.39 is 0 Å². The number of hydrogen-bond acceptors (Lipinski definition) is 6. The average Bonchev–Trinajstić information content (AvgIpc) is 3.45. The van der Waals surface area contributed by atoms with Gasteiger partial charge in [-0.1, -0.05) is 23.5 Å². The highest BCUT2D eigenvalue weighted by Gasteiger charge is 2.25. The number of thiophene rings is 1. The third kappa shape index (κ3) is 4.27. The number of fused-ring (bicyclic) bond motifs is 1. The van der Waals surface area contributed by atoms with Gasteiger partial charge in [0.2, 0.25) is 0 Å². The minimum absolute atomic E-state index is 0.0522. The zero-order valence-electron chi connectivity index (χ0n) is 15.0. The van der Waals surface area contributed by atoms with E-state index in [1.807, 2.05) is 35.9 Å². The van der Waals surface area contributed by atoms with Gasteiger partial charge in [-0.15, -0.1) is 23.1 Å². The third-order valence-electron chi connectivity index (χ3n) is 4.43. The van der Waals surface area contributed by atoms with Gasteiger partial charge in [-0.2, -0.15) is 0 Å². The maximum absolute atomic E-state index is 13.0. The first-order valence-electron chi connectivity index (χ1n) is 8.83. The fourth-order valence-corrected chi connectivity index (χ4v) is 5.33. The summed E-state index contributed by atoms with van der Waals surface area (Å²) in [5, 5.41) is 2.74. The number of benzene rings is 1. The van der Waals surface area contributed by atoms with E-state index in [9.17, 15) is 4.79 Å². The molecule has 1 saturated heterocycles. The number of para-hydroxylation sites is 1. The summed E-state index contributed by atoms with van der Waals surface area (Å²) < 4.78 is 6.88. The highest BCUT2D eigenvalue weighted by Crippen LogP contribution is 2.34. The molecule has 2 aromatic heterocycles. The molecule has 0 aliphatic carbocycles. The van der Waals surface area contributed by atoms with Crippen LogP contribution < -0.4 is 4.90 Å². The van der Waals surface area contributed by atoms with Crippen molar-refractivity contribution in [3.8, 4) is 0 Å². The van der Waals surface area contributed by atoms with Gasteiger partial charge in [0.25, 0.3) is 5.91 Å². The lowest BCUT2D eigenvalue weighted by molar-refractivity contribution is -0.114. The Balaban J connectivity index is 1.65. The molecule has 140 valence electrons. The Morgan fingerprint density at radius 3 is 3.07 bits per heavy atom. The Bertz CT molecular complexity index is 943. The molecule has 3 aromatic rings. The van der Waals surface area contributed by atoms with Crippen molar-refractivity contribution in [1.29, 1.82) is 0 Å². The normalized spacial score (nSPS) is 17.1. The molecule has 1 aliphatic heterocycles. The predicted octanol–water partition coefficient (Wildman–Crippen LogP) is 5.31. The van der Waals surface area contributed by atoms with Crippen molar-refractivity contribution in [3.63, 3.8) is 0 Å². The standard InChI is InChI=1S/C20H20N2O2S3/c1-25-16-7-2-8-17-19(16)21-20(27-17)22(13-14-5-3-11-24-14)18(23)10-9-15-6-4-12-26-15/h2,4,6-10,12,14H,3,5,11,13H2,1H3/b10-9+. The topological polar surface area (TPSA) is 42.4 Å². The van der Waals surface area contributed by atoms with Crippen molar-refractivity contribution in [2.45, 2.75) is 23.8 Å². The van der Waals surface area contributed by atoms with Crippen LogP contribution in [0.25, 0.3) is 16.3 Å². The molecule has 1 aliphatic rings. The Morgan fingerprint density at radius 2 is 2.33 bits per heavy atom. The number of aromatic nitrogens is 1. The molecule has 7 heteroatoms. The van der Waals surface area contributed by atoms with Crippen molar-refractivity contribution in [2.75, 3.05) is 24.3 Å². The van der Waals surface area contributed by atoms with Crippen molar-refractivity contribution < 1.29 is 9.53 Å². The molecule has 0 bridgehead atoms. The maximum Gasteiger partial charge on any atom is 0.252 e. The van der Waals surface area contributed by atoms with Crippen LogP contribution in [-0.2, 0) is 9.53 Å². The van der Waals surface area contributed by atoms with Gasteiger partial charge >= 0.3 is 0 Å². The van der Waals surface area contributed by atoms with E-state index in [1.54, 1.807) is 45.4 Å². The average molecular weight is 417 g/mol. The van der Waals surface area contributed by atoms with E-state index in [0.717, 1.165) is 44.6 Å². The molecule has 0 N–H and O–H groups in total. The number of hydrogen-bond donors (Lipinski definition) is 0. The number of amides is 1. The second-order valence-electron chi connectivity index (χ2n) is 6.24. The van der Waals surface area contributed by atoms with E-state index in [2.05, 4.69) is 12.1 Å². The summed E-state index contributed by atoms with van der Waals surface area (Å²) in [6.45, 7) is 1.32. The van der Waals surface area contributed by atoms with Crippen LogP contribution in [0.1, 0.15) is 17.7 Å². The van der Waals surface area contributed by atoms with E-state index in [4.69, 9.17) is 9.72 Å². The van der Waals surface area contributed by atoms with Gasteiger partial charge in [-0.05, 0) is 48.8 Å². The molecule has 1 fully saturated rings. The maximum atomic E-state index is 13.0. The zero-order valence-corrected chi connectivity index (χ0v) is 17.4. The molecule has 1 aromatic carbocycles. The lowest BCUT2D eigenvalue weighted by Gasteiger charge is -2.21. The number of ether oxygens (including phenoxy) is 1. The van der Waals surface area contributed by atoms with E-state index in [-0.39, 0.29) is 12.0 Å². The van der Waals surface area contributed by atoms with Gasteiger partial charge in [-0.3, -0.25) is 9.69 Å². The molecule has 0 spiro atoms. The van der Waals surface area contributed by atoms with E-state index in [0.29, 0.717) is 6.54 Å². The van der Waals surface area contributed by atoms with Gasteiger partial charge in [0, 0.05) is 22.5 Å². The summed E-state index contributed by atoms with van der Waals surface area (Å²) >= 11 is 4.86. The van der Waals surface area contributed by atoms with Crippen molar-refractivity contribution >= 4 is 61.8 Å². The minimum Gasteiger partial charge on any atom is -0.376 e. The molecule has 4 nitrogen and oxygen atoms in total. The molecule has 1 amide bonds. The summed E-state index contributed by atoms with van der Waals surface area (Å²) in [5.41, 5.74) is 0.970. The number of thioether (sulfide) groups is 1. The molecule has 1 atom stereocenters. The minimum atomic E-state index is -0.0522. The monoisotopic (exact) mass is 416 g/mol. The lowest BCUT2D eigenvalue weighted by atomic mass is 10.2. The van der Waals surface area contributed by atoms with Crippen molar-refractivity contribution in [3.05, 3.63) is 46.7 Å². The van der Waals surface area contributed by atoms with Crippen LogP contribution in [0.3, 0.4) is 0 Å². The molecule has 0 radical (unpaired) electrons. The highest BCUT2D eigenvalue weighted by atomic mass is 32.2. The second kappa shape index (κ2) is 8.56. The predicted molar refractivity (Wildman–Crippen MR) is 116 cm³/mol. The zero-order chi connectivity index (χ0) is 18.6. The van der Waals surface area contributed by atoms with E-state index >= 15 is 0 Å². The molecule has 1 unspecified atom stereocenters. The Kier molecular flexibility index (Phi) is 5.92. The number of nitrogens with zero attached hydrogens (tertiary/aromatic N) is 2. The van der Waals surface area contributed by atoms with E-state index in [1.165, 1.54) is 0 Å². The van der Waals surface area contributed by atoms with Crippen LogP contribution in [0.4, 0.5) is 5.13 Å². The third-order valence-corrected chi connectivity index (χ3v) is 7.08. The summed E-state index contributed by atoms with van der Waals surface area (Å²) in [6, 6.07) is 10.2. The van der Waals surface area contributed by atoms with Crippen LogP contribution in [-0.4, -0.2) is 36.4 Å². The van der Waals surface area contributed by atoms with Crippen molar-refractivity contribution in [2.24, 2.45) is 0 Å². The molecule has 0 saturated carbocycles. The van der Waals surface area contributed by atoms with Gasteiger partial charge in [0.1, 0.15) is 0 Å². The van der Waals surface area contributed by atoms with Gasteiger partial charge in [0.05, 0.1) is 22.9 Å². The molecule has 4 rings (SSSR count). The SMILES string of the molecule is CSc1cccc2sc(N(CC3CCCO3)C(=O)/C=C/c3cccs3)nc12. The summed E-state index contributed by atoms with van der Waals surface area (Å²) in [7, 11) is 0. The van der Waals surface area contributed by atoms with Crippen LogP contribution in [0.5, 0.6) is 0 Å². The number of rotatable bonds is 6. The summed E-state index contributed by atoms with van der Waals surface area (Å²) in [4.78, 5) is 21.8. The van der Waals surface area contributed by atoms with Crippen LogP contribution >= 0.6 is 34.4 Å². The highest BCUT2D eigenvalue weighted by molar-refractivity contribution is 7.98. The number of carbonyl (C=O) groups excluding carboxylic acids is 1.